The molecule has 1 aromatic carbocycles. The number of halogens is 3. The molecule has 4 nitrogen and oxygen atoms in total. The molecule has 0 N–H and O–H groups in total. The first-order chi connectivity index (χ1) is 10.9. The van der Waals surface area contributed by atoms with Crippen LogP contribution in [-0.2, 0) is 4.79 Å². The molecule has 1 amide bonds. The summed E-state index contributed by atoms with van der Waals surface area (Å²) in [4.78, 5) is 13.6. The zero-order valence-electron chi connectivity index (χ0n) is 12.9. The molecule has 1 aromatic rings. The molecular weight excluding hydrogens is 331 g/mol. The first-order valence-electron chi connectivity index (χ1n) is 7.08. The third-order valence-electron chi connectivity index (χ3n) is 3.72. The molecule has 0 bridgehead atoms. The number of thioether (sulfide) groups is 1. The zero-order valence-corrected chi connectivity index (χ0v) is 13.7. The van der Waals surface area contributed by atoms with Crippen molar-refractivity contribution in [3.05, 3.63) is 23.8 Å². The highest BCUT2D eigenvalue weighted by Gasteiger charge is 2.34. The van der Waals surface area contributed by atoms with E-state index in [1.807, 2.05) is 6.07 Å². The minimum absolute atomic E-state index is 0.226. The molecule has 1 atom stereocenters. The van der Waals surface area contributed by atoms with Gasteiger partial charge in [0.05, 0.1) is 26.0 Å². The summed E-state index contributed by atoms with van der Waals surface area (Å²) in [6.45, 7) is 0.469. The summed E-state index contributed by atoms with van der Waals surface area (Å²) in [6.07, 6.45) is 1.49. The van der Waals surface area contributed by atoms with E-state index in [0.29, 0.717) is 18.0 Å². The number of ether oxygens (including phenoxy) is 2. The van der Waals surface area contributed by atoms with Gasteiger partial charge in [0.15, 0.2) is 11.5 Å². The number of likely N-dealkylation sites (tertiary alicyclic amines) is 1. The van der Waals surface area contributed by atoms with E-state index >= 15 is 0 Å². The molecular formula is C15H18F3NO3S. The number of benzene rings is 1. The van der Waals surface area contributed by atoms with Gasteiger partial charge in [-0.1, -0.05) is 6.07 Å². The number of hydrogen-bond acceptors (Lipinski definition) is 4. The van der Waals surface area contributed by atoms with Crippen LogP contribution in [0.15, 0.2) is 18.2 Å². The van der Waals surface area contributed by atoms with E-state index in [-0.39, 0.29) is 17.8 Å². The minimum atomic E-state index is -4.39. The third kappa shape index (κ3) is 4.46. The number of carbonyl (C=O) groups is 1. The highest BCUT2D eigenvalue weighted by molar-refractivity contribution is 8.00. The molecule has 0 saturated carbocycles. The first kappa shape index (κ1) is 17.8. The average Bonchev–Trinajstić information content (AvgIpc) is 3.00. The van der Waals surface area contributed by atoms with E-state index < -0.39 is 17.2 Å². The molecule has 128 valence electrons. The lowest BCUT2D eigenvalue weighted by atomic mass is 10.0. The Morgan fingerprint density at radius 3 is 2.61 bits per heavy atom. The van der Waals surface area contributed by atoms with Crippen LogP contribution in [0.5, 0.6) is 11.5 Å². The largest absolute Gasteiger partial charge is 0.493 e. The Balaban J connectivity index is 2.13. The topological polar surface area (TPSA) is 38.8 Å². The van der Waals surface area contributed by atoms with Crippen molar-refractivity contribution in [3.63, 3.8) is 0 Å². The standard InChI is InChI=1S/C15H18F3NO3S/c1-21-12-6-5-10(8-13(12)22-2)11-4-3-7-19(11)14(20)9-23-15(16,17)18/h5-6,8,11H,3-4,7,9H2,1-2H3/t11-/m1/s1. The number of nitrogens with zero attached hydrogens (tertiary/aromatic N) is 1. The highest BCUT2D eigenvalue weighted by atomic mass is 32.2. The maximum absolute atomic E-state index is 12.3. The van der Waals surface area contributed by atoms with Crippen LogP contribution in [-0.4, -0.2) is 42.8 Å². The summed E-state index contributed by atoms with van der Waals surface area (Å²) >= 11 is -0.296. The molecule has 0 aromatic heterocycles. The summed E-state index contributed by atoms with van der Waals surface area (Å²) in [6, 6.07) is 5.09. The molecule has 0 aliphatic carbocycles. The van der Waals surface area contributed by atoms with E-state index in [1.54, 1.807) is 12.1 Å². The van der Waals surface area contributed by atoms with Crippen LogP contribution in [0.3, 0.4) is 0 Å². The molecule has 1 saturated heterocycles. The van der Waals surface area contributed by atoms with Gasteiger partial charge in [0.1, 0.15) is 0 Å². The van der Waals surface area contributed by atoms with Gasteiger partial charge < -0.3 is 14.4 Å². The van der Waals surface area contributed by atoms with Gasteiger partial charge in [0, 0.05) is 6.54 Å². The second-order valence-electron chi connectivity index (χ2n) is 5.09. The number of rotatable bonds is 5. The van der Waals surface area contributed by atoms with E-state index in [4.69, 9.17) is 9.47 Å². The van der Waals surface area contributed by atoms with Crippen LogP contribution in [0, 0.1) is 0 Å². The van der Waals surface area contributed by atoms with Crippen molar-refractivity contribution in [2.45, 2.75) is 24.4 Å². The van der Waals surface area contributed by atoms with Gasteiger partial charge >= 0.3 is 5.51 Å². The van der Waals surface area contributed by atoms with Crippen molar-refractivity contribution < 1.29 is 27.4 Å². The fraction of sp³-hybridized carbons (Fsp3) is 0.533. The van der Waals surface area contributed by atoms with Crippen molar-refractivity contribution in [1.82, 2.24) is 4.90 Å². The van der Waals surface area contributed by atoms with Crippen molar-refractivity contribution in [1.29, 1.82) is 0 Å². The average molecular weight is 349 g/mol. The van der Waals surface area contributed by atoms with Crippen LogP contribution in [0.4, 0.5) is 13.2 Å². The van der Waals surface area contributed by atoms with Gasteiger partial charge in [-0.25, -0.2) is 0 Å². The molecule has 1 aliphatic rings. The summed E-state index contributed by atoms with van der Waals surface area (Å²) in [5, 5.41) is 0. The Bertz CT molecular complexity index is 565. The van der Waals surface area contributed by atoms with Crippen molar-refractivity contribution >= 4 is 17.7 Å². The maximum atomic E-state index is 12.3. The van der Waals surface area contributed by atoms with E-state index in [2.05, 4.69) is 0 Å². The number of methoxy groups -OCH3 is 2. The van der Waals surface area contributed by atoms with E-state index in [1.165, 1.54) is 19.1 Å². The Kier molecular flexibility index (Phi) is 5.67. The third-order valence-corrected chi connectivity index (χ3v) is 4.44. The van der Waals surface area contributed by atoms with Gasteiger partial charge in [-0.2, -0.15) is 13.2 Å². The van der Waals surface area contributed by atoms with Crippen LogP contribution in [0.25, 0.3) is 0 Å². The molecule has 2 rings (SSSR count). The summed E-state index contributed by atoms with van der Waals surface area (Å²) < 4.78 is 47.2. The second kappa shape index (κ2) is 7.33. The monoisotopic (exact) mass is 349 g/mol. The quantitative estimate of drug-likeness (QED) is 0.814. The second-order valence-corrected chi connectivity index (χ2v) is 6.13. The summed E-state index contributed by atoms with van der Waals surface area (Å²) in [5.74, 6) is 0.0196. The van der Waals surface area contributed by atoms with Gasteiger partial charge in [-0.15, -0.1) is 0 Å². The Morgan fingerprint density at radius 1 is 1.30 bits per heavy atom. The van der Waals surface area contributed by atoms with Gasteiger partial charge in [0.2, 0.25) is 5.91 Å². The lowest BCUT2D eigenvalue weighted by Crippen LogP contribution is -2.32. The summed E-state index contributed by atoms with van der Waals surface area (Å²) in [5.41, 5.74) is -3.56. The van der Waals surface area contributed by atoms with Crippen LogP contribution < -0.4 is 9.47 Å². The number of amides is 1. The van der Waals surface area contributed by atoms with E-state index in [9.17, 15) is 18.0 Å². The van der Waals surface area contributed by atoms with Gasteiger partial charge in [0.25, 0.3) is 0 Å². The lowest BCUT2D eigenvalue weighted by molar-refractivity contribution is -0.129. The summed E-state index contributed by atoms with van der Waals surface area (Å²) in [7, 11) is 3.04. The highest BCUT2D eigenvalue weighted by Crippen LogP contribution is 2.38. The zero-order chi connectivity index (χ0) is 17.0. The van der Waals surface area contributed by atoms with Crippen molar-refractivity contribution in [2.24, 2.45) is 0 Å². The molecule has 8 heteroatoms. The van der Waals surface area contributed by atoms with Gasteiger partial charge in [-0.05, 0) is 42.3 Å². The molecule has 0 unspecified atom stereocenters. The fourth-order valence-corrected chi connectivity index (χ4v) is 3.15. The van der Waals surface area contributed by atoms with Crippen molar-refractivity contribution in [3.8, 4) is 11.5 Å². The maximum Gasteiger partial charge on any atom is 0.442 e. The normalized spacial score (nSPS) is 18.1. The number of hydrogen-bond donors (Lipinski definition) is 0. The lowest BCUT2D eigenvalue weighted by Gasteiger charge is -2.25. The number of carbonyl (C=O) groups excluding carboxylic acids is 1. The van der Waals surface area contributed by atoms with Gasteiger partial charge in [-0.3, -0.25) is 4.79 Å². The van der Waals surface area contributed by atoms with E-state index in [0.717, 1.165) is 18.4 Å². The van der Waals surface area contributed by atoms with Crippen molar-refractivity contribution in [2.75, 3.05) is 26.5 Å². The minimum Gasteiger partial charge on any atom is -0.493 e. The fourth-order valence-electron chi connectivity index (χ4n) is 2.70. The SMILES string of the molecule is COc1ccc([C@H]2CCCN2C(=O)CSC(F)(F)F)cc1OC. The Labute approximate surface area is 136 Å². The Morgan fingerprint density at radius 2 is 2.00 bits per heavy atom. The molecule has 1 fully saturated rings. The predicted molar refractivity (Wildman–Crippen MR) is 81.7 cm³/mol. The van der Waals surface area contributed by atoms with Crippen LogP contribution >= 0.6 is 11.8 Å². The van der Waals surface area contributed by atoms with Crippen LogP contribution in [0.2, 0.25) is 0 Å². The Hall–Kier alpha value is -1.57. The predicted octanol–water partition coefficient (Wildman–Crippen LogP) is 3.62. The molecule has 0 spiro atoms. The molecule has 0 radical (unpaired) electrons. The van der Waals surface area contributed by atoms with Crippen LogP contribution in [0.1, 0.15) is 24.4 Å². The number of alkyl halides is 3. The molecule has 23 heavy (non-hydrogen) atoms. The molecule has 1 aliphatic heterocycles. The smallest absolute Gasteiger partial charge is 0.442 e. The first-order valence-corrected chi connectivity index (χ1v) is 8.06. The molecule has 1 heterocycles.